The summed E-state index contributed by atoms with van der Waals surface area (Å²) in [4.78, 5) is 0. The highest BCUT2D eigenvalue weighted by Gasteiger charge is 2.45. The second kappa shape index (κ2) is 3.89. The van der Waals surface area contributed by atoms with Gasteiger partial charge in [-0.25, -0.2) is 0 Å². The Morgan fingerprint density at radius 2 is 2.29 bits per heavy atom. The minimum absolute atomic E-state index is 0.170. The maximum atomic E-state index is 5.91. The summed E-state index contributed by atoms with van der Waals surface area (Å²) in [5.74, 6) is 1.74. The zero-order valence-corrected chi connectivity index (χ0v) is 11.5. The van der Waals surface area contributed by atoms with Crippen LogP contribution in [0.1, 0.15) is 24.0 Å². The topological polar surface area (TPSA) is 44.5 Å². The molecule has 4 heteroatoms. The van der Waals surface area contributed by atoms with Crippen LogP contribution < -0.4 is 15.2 Å². The minimum atomic E-state index is 0.170. The molecular weight excluding hydrogens is 282 g/mol. The maximum Gasteiger partial charge on any atom is 0.165 e. The first-order valence-electron chi connectivity index (χ1n) is 5.94. The van der Waals surface area contributed by atoms with E-state index in [4.69, 9.17) is 15.2 Å². The highest BCUT2D eigenvalue weighted by molar-refractivity contribution is 9.10. The Labute approximate surface area is 109 Å². The van der Waals surface area contributed by atoms with Crippen LogP contribution in [0.25, 0.3) is 0 Å². The van der Waals surface area contributed by atoms with Crippen molar-refractivity contribution in [3.8, 4) is 11.5 Å². The maximum absolute atomic E-state index is 5.91. The Kier molecular flexibility index (Phi) is 2.60. The number of ether oxygens (including phenoxy) is 2. The molecule has 0 amide bonds. The molecule has 0 aromatic heterocycles. The third-order valence-corrected chi connectivity index (χ3v) is 4.81. The lowest BCUT2D eigenvalue weighted by Crippen LogP contribution is -2.20. The van der Waals surface area contributed by atoms with Crippen LogP contribution in [0.2, 0.25) is 0 Å². The number of benzene rings is 1. The van der Waals surface area contributed by atoms with E-state index in [-0.39, 0.29) is 5.41 Å². The number of halogens is 1. The molecule has 0 radical (unpaired) electrons. The molecule has 17 heavy (non-hydrogen) atoms. The van der Waals surface area contributed by atoms with Gasteiger partial charge in [0, 0.05) is 28.4 Å². The number of fused-ring (bicyclic) bond motifs is 1. The average molecular weight is 298 g/mol. The Balaban J connectivity index is 2.17. The summed E-state index contributed by atoms with van der Waals surface area (Å²) in [5.41, 5.74) is 8.61. The Morgan fingerprint density at radius 1 is 1.53 bits per heavy atom. The number of hydrogen-bond donors (Lipinski definition) is 1. The fourth-order valence-electron chi connectivity index (χ4n) is 2.58. The van der Waals surface area contributed by atoms with Gasteiger partial charge in [0.1, 0.15) is 0 Å². The van der Waals surface area contributed by atoms with E-state index in [0.717, 1.165) is 24.5 Å². The zero-order valence-electron chi connectivity index (χ0n) is 9.88. The molecule has 3 rings (SSSR count). The lowest BCUT2D eigenvalue weighted by atomic mass is 9.93. The molecule has 1 heterocycles. The van der Waals surface area contributed by atoms with Gasteiger partial charge < -0.3 is 15.2 Å². The van der Waals surface area contributed by atoms with Gasteiger partial charge in [0.05, 0.1) is 13.7 Å². The summed E-state index contributed by atoms with van der Waals surface area (Å²) in [6.45, 7) is 1.44. The van der Waals surface area contributed by atoms with E-state index >= 15 is 0 Å². The van der Waals surface area contributed by atoms with E-state index < -0.39 is 0 Å². The van der Waals surface area contributed by atoms with Crippen molar-refractivity contribution in [2.24, 2.45) is 5.73 Å². The first-order valence-corrected chi connectivity index (χ1v) is 6.74. The van der Waals surface area contributed by atoms with Crippen LogP contribution in [-0.2, 0) is 11.8 Å². The van der Waals surface area contributed by atoms with E-state index in [1.807, 2.05) is 0 Å². The molecule has 1 aliphatic carbocycles. The lowest BCUT2D eigenvalue weighted by Gasteiger charge is -2.19. The molecular formula is C13H16BrNO2. The normalized spacial score (nSPS) is 19.7. The predicted octanol–water partition coefficient (Wildman–Crippen LogP) is 2.38. The molecule has 3 nitrogen and oxygen atoms in total. The van der Waals surface area contributed by atoms with E-state index in [1.54, 1.807) is 7.11 Å². The predicted molar refractivity (Wildman–Crippen MR) is 69.9 cm³/mol. The number of hydrogen-bond acceptors (Lipinski definition) is 3. The summed E-state index contributed by atoms with van der Waals surface area (Å²) >= 11 is 3.72. The van der Waals surface area contributed by atoms with Gasteiger partial charge in [-0.1, -0.05) is 15.9 Å². The molecule has 1 aliphatic heterocycles. The molecule has 0 atom stereocenters. The van der Waals surface area contributed by atoms with Crippen LogP contribution in [0.15, 0.2) is 10.5 Å². The van der Waals surface area contributed by atoms with Crippen molar-refractivity contribution >= 4 is 15.9 Å². The Hall–Kier alpha value is -0.740. The molecule has 0 spiro atoms. The van der Waals surface area contributed by atoms with Gasteiger partial charge in [-0.3, -0.25) is 0 Å². The lowest BCUT2D eigenvalue weighted by molar-refractivity contribution is 0.325. The zero-order chi connectivity index (χ0) is 12.0. The molecule has 2 aliphatic rings. The van der Waals surface area contributed by atoms with E-state index in [1.165, 1.54) is 28.4 Å². The van der Waals surface area contributed by atoms with E-state index in [9.17, 15) is 0 Å². The van der Waals surface area contributed by atoms with Crippen molar-refractivity contribution < 1.29 is 9.47 Å². The minimum Gasteiger partial charge on any atom is -0.493 e. The van der Waals surface area contributed by atoms with Gasteiger partial charge in [-0.2, -0.15) is 0 Å². The van der Waals surface area contributed by atoms with Crippen molar-refractivity contribution in [3.63, 3.8) is 0 Å². The van der Waals surface area contributed by atoms with Crippen molar-refractivity contribution in [2.45, 2.75) is 24.7 Å². The molecule has 0 saturated heterocycles. The summed E-state index contributed by atoms with van der Waals surface area (Å²) in [6, 6.07) is 2.09. The highest BCUT2D eigenvalue weighted by Crippen LogP contribution is 2.54. The quantitative estimate of drug-likeness (QED) is 0.932. The first kappa shape index (κ1) is 11.4. The largest absolute Gasteiger partial charge is 0.493 e. The van der Waals surface area contributed by atoms with Crippen LogP contribution >= 0.6 is 15.9 Å². The van der Waals surface area contributed by atoms with Crippen LogP contribution in [-0.4, -0.2) is 20.3 Å². The summed E-state index contributed by atoms with van der Waals surface area (Å²) in [5, 5.41) is 0. The van der Waals surface area contributed by atoms with E-state index in [2.05, 4.69) is 22.0 Å². The molecule has 92 valence electrons. The SMILES string of the molecule is COc1cc(C2(CN)CC2)c(Br)c2c1OCC2. The molecule has 0 unspecified atom stereocenters. The Bertz CT molecular complexity index is 469. The van der Waals surface area contributed by atoms with Gasteiger partial charge in [-0.15, -0.1) is 0 Å². The van der Waals surface area contributed by atoms with Crippen LogP contribution in [0.3, 0.4) is 0 Å². The van der Waals surface area contributed by atoms with Crippen molar-refractivity contribution in [2.75, 3.05) is 20.3 Å². The number of methoxy groups -OCH3 is 1. The fourth-order valence-corrected chi connectivity index (χ4v) is 3.49. The van der Waals surface area contributed by atoms with Crippen LogP contribution in [0, 0.1) is 0 Å². The molecule has 1 saturated carbocycles. The monoisotopic (exact) mass is 297 g/mol. The van der Waals surface area contributed by atoms with E-state index in [0.29, 0.717) is 6.54 Å². The number of nitrogens with two attached hydrogens (primary N) is 1. The average Bonchev–Trinajstić information content (AvgIpc) is 2.98. The number of rotatable bonds is 3. The third-order valence-electron chi connectivity index (χ3n) is 3.91. The highest BCUT2D eigenvalue weighted by atomic mass is 79.9. The second-order valence-electron chi connectivity index (χ2n) is 4.83. The van der Waals surface area contributed by atoms with Gasteiger partial charge in [-0.05, 0) is 24.5 Å². The summed E-state index contributed by atoms with van der Waals surface area (Å²) < 4.78 is 12.2. The fraction of sp³-hybridized carbons (Fsp3) is 0.538. The molecule has 1 aromatic rings. The van der Waals surface area contributed by atoms with Crippen molar-refractivity contribution in [3.05, 3.63) is 21.7 Å². The molecule has 2 N–H and O–H groups in total. The van der Waals surface area contributed by atoms with Gasteiger partial charge in [0.25, 0.3) is 0 Å². The van der Waals surface area contributed by atoms with Gasteiger partial charge in [0.15, 0.2) is 11.5 Å². The summed E-state index contributed by atoms with van der Waals surface area (Å²) in [7, 11) is 1.69. The van der Waals surface area contributed by atoms with Gasteiger partial charge >= 0.3 is 0 Å². The van der Waals surface area contributed by atoms with Crippen LogP contribution in [0.5, 0.6) is 11.5 Å². The van der Waals surface area contributed by atoms with Gasteiger partial charge in [0.2, 0.25) is 0 Å². The standard InChI is InChI=1S/C13H16BrNO2/c1-16-10-6-9(13(7-15)3-4-13)11(14)8-2-5-17-12(8)10/h6H,2-5,7,15H2,1H3. The molecule has 0 bridgehead atoms. The molecule has 1 fully saturated rings. The smallest absolute Gasteiger partial charge is 0.165 e. The molecule has 1 aromatic carbocycles. The van der Waals surface area contributed by atoms with Crippen molar-refractivity contribution in [1.82, 2.24) is 0 Å². The van der Waals surface area contributed by atoms with Crippen molar-refractivity contribution in [1.29, 1.82) is 0 Å². The Morgan fingerprint density at radius 3 is 2.88 bits per heavy atom. The second-order valence-corrected chi connectivity index (χ2v) is 5.62. The summed E-state index contributed by atoms with van der Waals surface area (Å²) in [6.07, 6.45) is 3.29. The third kappa shape index (κ3) is 1.58. The first-order chi connectivity index (χ1) is 8.22. The van der Waals surface area contributed by atoms with Crippen LogP contribution in [0.4, 0.5) is 0 Å².